The lowest BCUT2D eigenvalue weighted by Gasteiger charge is -2.42. The summed E-state index contributed by atoms with van der Waals surface area (Å²) in [5.74, 6) is 0.312. The SMILES string of the molecule is O=C(c1ccco1)N1C[C@@H]2C[C@H](C1)c1ccc(N([O-])O)c(=O)n1C2. The molecule has 0 unspecified atom stereocenters. The molecule has 24 heavy (non-hydrogen) atoms. The van der Waals surface area contributed by atoms with E-state index in [1.807, 2.05) is 0 Å². The molecule has 4 heterocycles. The van der Waals surface area contributed by atoms with Gasteiger partial charge in [-0.1, -0.05) is 0 Å². The summed E-state index contributed by atoms with van der Waals surface area (Å²) in [7, 11) is 0. The first-order valence-corrected chi connectivity index (χ1v) is 7.77. The Kier molecular flexibility index (Phi) is 3.43. The van der Waals surface area contributed by atoms with Crippen LogP contribution in [-0.4, -0.2) is 33.7 Å². The van der Waals surface area contributed by atoms with E-state index in [4.69, 9.17) is 9.62 Å². The summed E-state index contributed by atoms with van der Waals surface area (Å²) in [6.07, 6.45) is 2.36. The number of amides is 1. The molecule has 1 amide bonds. The highest BCUT2D eigenvalue weighted by molar-refractivity contribution is 5.91. The number of carbonyl (C=O) groups is 1. The van der Waals surface area contributed by atoms with E-state index in [9.17, 15) is 14.8 Å². The van der Waals surface area contributed by atoms with Crippen LogP contribution in [0, 0.1) is 11.1 Å². The summed E-state index contributed by atoms with van der Waals surface area (Å²) in [6.45, 7) is 1.45. The monoisotopic (exact) mass is 330 g/mol. The minimum absolute atomic E-state index is 0.0250. The molecule has 1 fully saturated rings. The predicted molar refractivity (Wildman–Crippen MR) is 83.8 cm³/mol. The zero-order valence-corrected chi connectivity index (χ0v) is 12.8. The van der Waals surface area contributed by atoms with Crippen molar-refractivity contribution in [2.75, 3.05) is 18.3 Å². The maximum atomic E-state index is 12.5. The van der Waals surface area contributed by atoms with Crippen LogP contribution >= 0.6 is 0 Å². The largest absolute Gasteiger partial charge is 0.733 e. The van der Waals surface area contributed by atoms with Crippen molar-refractivity contribution in [3.05, 3.63) is 57.5 Å². The van der Waals surface area contributed by atoms with Gasteiger partial charge in [-0.05, 0) is 36.6 Å². The molecule has 0 aromatic carbocycles. The van der Waals surface area contributed by atoms with E-state index in [-0.39, 0.29) is 23.4 Å². The van der Waals surface area contributed by atoms with Crippen LogP contribution in [-0.2, 0) is 6.54 Å². The maximum absolute atomic E-state index is 12.5. The number of hydrogen-bond donors (Lipinski definition) is 1. The number of nitrogens with zero attached hydrogens (tertiary/aromatic N) is 3. The van der Waals surface area contributed by atoms with Crippen molar-refractivity contribution in [2.24, 2.45) is 5.92 Å². The molecule has 2 aliphatic rings. The molecule has 2 aromatic heterocycles. The zero-order valence-electron chi connectivity index (χ0n) is 12.8. The molecular weight excluding hydrogens is 314 g/mol. The molecular formula is C16H16N3O5-. The van der Waals surface area contributed by atoms with Gasteiger partial charge in [0.15, 0.2) is 5.76 Å². The first kappa shape index (κ1) is 15.0. The molecule has 126 valence electrons. The van der Waals surface area contributed by atoms with Gasteiger partial charge >= 0.3 is 0 Å². The number of fused-ring (bicyclic) bond motifs is 4. The molecule has 1 N–H and O–H groups in total. The van der Waals surface area contributed by atoms with Crippen molar-refractivity contribution < 1.29 is 14.4 Å². The Morgan fingerprint density at radius 2 is 2.12 bits per heavy atom. The van der Waals surface area contributed by atoms with Crippen molar-refractivity contribution in [1.29, 1.82) is 0 Å². The fraction of sp³-hybridized carbons (Fsp3) is 0.375. The van der Waals surface area contributed by atoms with Crippen LogP contribution in [0.15, 0.2) is 39.7 Å². The van der Waals surface area contributed by atoms with Crippen LogP contribution in [0.25, 0.3) is 0 Å². The molecule has 0 spiro atoms. The Balaban J connectivity index is 1.66. The van der Waals surface area contributed by atoms with Gasteiger partial charge in [0.25, 0.3) is 11.5 Å². The second-order valence-electron chi connectivity index (χ2n) is 6.32. The number of aromatic nitrogens is 1. The van der Waals surface area contributed by atoms with E-state index >= 15 is 0 Å². The van der Waals surface area contributed by atoms with Gasteiger partial charge in [0.2, 0.25) is 0 Å². The van der Waals surface area contributed by atoms with Crippen LogP contribution in [0.5, 0.6) is 0 Å². The van der Waals surface area contributed by atoms with Crippen LogP contribution in [0.2, 0.25) is 0 Å². The molecule has 0 aliphatic carbocycles. The van der Waals surface area contributed by atoms with Crippen LogP contribution < -0.4 is 10.8 Å². The normalized spacial score (nSPS) is 22.2. The van der Waals surface area contributed by atoms with Crippen molar-refractivity contribution >= 4 is 11.6 Å². The smallest absolute Gasteiger partial charge is 0.289 e. The summed E-state index contributed by atoms with van der Waals surface area (Å²) in [5.41, 5.74) is 0.00606. The molecule has 2 aliphatic heterocycles. The van der Waals surface area contributed by atoms with Gasteiger partial charge in [-0.3, -0.25) is 14.8 Å². The number of furan rings is 1. The fourth-order valence-corrected chi connectivity index (χ4v) is 3.80. The van der Waals surface area contributed by atoms with Crippen LogP contribution in [0.4, 0.5) is 5.69 Å². The van der Waals surface area contributed by atoms with Gasteiger partial charge in [-0.15, -0.1) is 0 Å². The minimum atomic E-state index is -0.495. The number of anilines is 1. The first-order valence-electron chi connectivity index (χ1n) is 7.77. The highest BCUT2D eigenvalue weighted by Crippen LogP contribution is 2.36. The van der Waals surface area contributed by atoms with E-state index < -0.39 is 10.8 Å². The quantitative estimate of drug-likeness (QED) is 0.835. The van der Waals surface area contributed by atoms with Gasteiger partial charge in [0, 0.05) is 31.2 Å². The Labute approximate surface area is 137 Å². The van der Waals surface area contributed by atoms with Crippen LogP contribution in [0.3, 0.4) is 0 Å². The number of hydrogen-bond acceptors (Lipinski definition) is 6. The summed E-state index contributed by atoms with van der Waals surface area (Å²) >= 11 is 0. The number of pyridine rings is 1. The second kappa shape index (κ2) is 5.50. The Bertz CT molecular complexity index is 827. The summed E-state index contributed by atoms with van der Waals surface area (Å²) in [4.78, 5) is 26.6. The molecule has 2 bridgehead atoms. The molecule has 0 radical (unpaired) electrons. The number of piperidine rings is 1. The minimum Gasteiger partial charge on any atom is -0.733 e. The molecule has 1 saturated heterocycles. The Morgan fingerprint density at radius 1 is 1.29 bits per heavy atom. The highest BCUT2D eigenvalue weighted by atomic mass is 16.8. The van der Waals surface area contributed by atoms with E-state index in [0.717, 1.165) is 12.1 Å². The van der Waals surface area contributed by atoms with Crippen molar-refractivity contribution in [3.8, 4) is 0 Å². The summed E-state index contributed by atoms with van der Waals surface area (Å²) < 4.78 is 6.73. The number of rotatable bonds is 2. The average Bonchev–Trinajstić information content (AvgIpc) is 3.09. The van der Waals surface area contributed by atoms with Crippen molar-refractivity contribution in [2.45, 2.75) is 18.9 Å². The third-order valence-corrected chi connectivity index (χ3v) is 4.81. The lowest BCUT2D eigenvalue weighted by atomic mass is 9.83. The Morgan fingerprint density at radius 3 is 2.83 bits per heavy atom. The third kappa shape index (κ3) is 2.31. The maximum Gasteiger partial charge on any atom is 0.289 e. The fourth-order valence-electron chi connectivity index (χ4n) is 3.80. The lowest BCUT2D eigenvalue weighted by Crippen LogP contribution is -2.49. The van der Waals surface area contributed by atoms with E-state index in [2.05, 4.69) is 0 Å². The molecule has 0 saturated carbocycles. The van der Waals surface area contributed by atoms with Crippen molar-refractivity contribution in [3.63, 3.8) is 0 Å². The lowest BCUT2D eigenvalue weighted by molar-refractivity contribution is 0.0563. The molecule has 8 nitrogen and oxygen atoms in total. The number of carbonyl (C=O) groups excluding carboxylic acids is 1. The second-order valence-corrected chi connectivity index (χ2v) is 6.32. The number of likely N-dealkylation sites (tertiary alicyclic amines) is 1. The summed E-state index contributed by atoms with van der Waals surface area (Å²) in [5, 5.41) is 19.7. The van der Waals surface area contributed by atoms with Gasteiger partial charge in [-0.2, -0.15) is 0 Å². The van der Waals surface area contributed by atoms with Crippen molar-refractivity contribution in [1.82, 2.24) is 9.47 Å². The van der Waals surface area contributed by atoms with Gasteiger partial charge in [0.1, 0.15) is 5.69 Å². The van der Waals surface area contributed by atoms with Gasteiger partial charge < -0.3 is 24.3 Å². The van der Waals surface area contributed by atoms with Crippen LogP contribution in [0.1, 0.15) is 28.6 Å². The van der Waals surface area contributed by atoms with Gasteiger partial charge in [0.05, 0.1) is 6.26 Å². The molecule has 8 heteroatoms. The molecule has 2 atom stereocenters. The molecule has 2 aromatic rings. The predicted octanol–water partition coefficient (Wildman–Crippen LogP) is 1.39. The zero-order chi connectivity index (χ0) is 16.8. The third-order valence-electron chi connectivity index (χ3n) is 4.81. The van der Waals surface area contributed by atoms with Gasteiger partial charge in [-0.25, -0.2) is 0 Å². The highest BCUT2D eigenvalue weighted by Gasteiger charge is 2.37. The standard InChI is InChI=1S/C16H16N3O5/c20-15-13(19(22)23)4-3-12-11-6-10(8-18(12)15)7-17(9-11)16(21)14-2-1-5-24-14/h1-5,10-11,22H,6-9H2/q-1/t10-,11+/m0/s1. The average molecular weight is 330 g/mol. The Hall–Kier alpha value is -2.58. The molecule has 4 rings (SSSR count). The van der Waals surface area contributed by atoms with E-state index in [1.165, 1.54) is 12.3 Å². The first-order chi connectivity index (χ1) is 11.5. The summed E-state index contributed by atoms with van der Waals surface area (Å²) in [6, 6.07) is 6.33. The van der Waals surface area contributed by atoms with E-state index in [1.54, 1.807) is 27.7 Å². The van der Waals surface area contributed by atoms with E-state index in [0.29, 0.717) is 25.4 Å². The topological polar surface area (TPSA) is 102 Å².